The Bertz CT molecular complexity index is 1120. The van der Waals surface area contributed by atoms with E-state index < -0.39 is 5.97 Å². The zero-order valence-corrected chi connectivity index (χ0v) is 17.7. The highest BCUT2D eigenvalue weighted by molar-refractivity contribution is 5.95. The molecule has 1 aromatic heterocycles. The van der Waals surface area contributed by atoms with Gasteiger partial charge in [0, 0.05) is 31.7 Å². The normalized spacial score (nSPS) is 13.8. The van der Waals surface area contributed by atoms with Crippen LogP contribution in [-0.2, 0) is 4.74 Å². The van der Waals surface area contributed by atoms with Crippen molar-refractivity contribution in [2.24, 2.45) is 0 Å². The number of halogens is 1. The maximum atomic E-state index is 14.0. The van der Waals surface area contributed by atoms with Crippen LogP contribution in [0, 0.1) is 5.82 Å². The summed E-state index contributed by atoms with van der Waals surface area (Å²) in [5.41, 5.74) is 7.95. The van der Waals surface area contributed by atoms with Crippen molar-refractivity contribution in [2.75, 3.05) is 43.4 Å². The van der Waals surface area contributed by atoms with Gasteiger partial charge in [-0.05, 0) is 43.3 Å². The van der Waals surface area contributed by atoms with Crippen LogP contribution in [-0.4, -0.2) is 59.3 Å². The van der Waals surface area contributed by atoms with E-state index in [4.69, 9.17) is 10.5 Å². The Morgan fingerprint density at radius 3 is 2.41 bits per heavy atom. The first-order valence-electron chi connectivity index (χ1n) is 10.4. The molecule has 0 aliphatic carbocycles. The predicted octanol–water partition coefficient (Wildman–Crippen LogP) is 2.73. The van der Waals surface area contributed by atoms with Crippen LogP contribution in [0.15, 0.2) is 54.7 Å². The van der Waals surface area contributed by atoms with Gasteiger partial charge in [0.2, 0.25) is 0 Å². The molecule has 1 saturated heterocycles. The van der Waals surface area contributed by atoms with Crippen LogP contribution in [0.1, 0.15) is 27.6 Å². The van der Waals surface area contributed by atoms with Gasteiger partial charge in [-0.1, -0.05) is 12.1 Å². The molecule has 32 heavy (non-hydrogen) atoms. The van der Waals surface area contributed by atoms with Gasteiger partial charge in [-0.2, -0.15) is 5.10 Å². The van der Waals surface area contributed by atoms with E-state index in [1.807, 2.05) is 4.90 Å². The molecule has 166 valence electrons. The Morgan fingerprint density at radius 2 is 1.75 bits per heavy atom. The fourth-order valence-electron chi connectivity index (χ4n) is 3.72. The lowest BCUT2D eigenvalue weighted by molar-refractivity contribution is 0.0527. The topological polar surface area (TPSA) is 93.7 Å². The molecule has 9 heteroatoms. The number of nitrogens with two attached hydrogens (primary N) is 1. The second-order valence-electron chi connectivity index (χ2n) is 7.35. The van der Waals surface area contributed by atoms with Gasteiger partial charge in [0.25, 0.3) is 5.91 Å². The lowest BCUT2D eigenvalue weighted by Crippen LogP contribution is -2.49. The van der Waals surface area contributed by atoms with Gasteiger partial charge in [0.05, 0.1) is 24.2 Å². The number of rotatable bonds is 5. The van der Waals surface area contributed by atoms with E-state index in [2.05, 4.69) is 5.10 Å². The van der Waals surface area contributed by atoms with E-state index in [1.54, 1.807) is 54.3 Å². The van der Waals surface area contributed by atoms with E-state index in [0.29, 0.717) is 43.1 Å². The van der Waals surface area contributed by atoms with E-state index in [-0.39, 0.29) is 29.7 Å². The molecule has 1 fully saturated rings. The number of carbonyl (C=O) groups excluding carboxylic acids is 2. The Morgan fingerprint density at radius 1 is 1.06 bits per heavy atom. The fourth-order valence-corrected chi connectivity index (χ4v) is 3.72. The van der Waals surface area contributed by atoms with Crippen LogP contribution >= 0.6 is 0 Å². The smallest absolute Gasteiger partial charge is 0.343 e. The SMILES string of the molecule is CCOC(=O)c1cnn(-c2ccc(C(=O)N3CCN(c4ccccc4F)CC3)cc2)c1N. The van der Waals surface area contributed by atoms with Crippen LogP contribution in [0.2, 0.25) is 0 Å². The first kappa shape index (κ1) is 21.4. The Hall–Kier alpha value is -3.88. The molecule has 2 aromatic carbocycles. The Labute approximate surface area is 185 Å². The van der Waals surface area contributed by atoms with Crippen LogP contribution in [0.5, 0.6) is 0 Å². The minimum Gasteiger partial charge on any atom is -0.462 e. The zero-order valence-electron chi connectivity index (χ0n) is 17.7. The largest absolute Gasteiger partial charge is 0.462 e. The van der Waals surface area contributed by atoms with E-state index in [9.17, 15) is 14.0 Å². The molecule has 2 N–H and O–H groups in total. The monoisotopic (exact) mass is 437 g/mol. The second kappa shape index (κ2) is 9.09. The summed E-state index contributed by atoms with van der Waals surface area (Å²) in [6.45, 7) is 4.09. The van der Waals surface area contributed by atoms with E-state index >= 15 is 0 Å². The number of hydrogen-bond acceptors (Lipinski definition) is 6. The molecule has 2 heterocycles. The highest BCUT2D eigenvalue weighted by Crippen LogP contribution is 2.22. The number of nitrogens with zero attached hydrogens (tertiary/aromatic N) is 4. The van der Waals surface area contributed by atoms with Gasteiger partial charge in [0.15, 0.2) is 0 Å². The quantitative estimate of drug-likeness (QED) is 0.617. The number of benzene rings is 2. The first-order chi connectivity index (χ1) is 15.5. The number of aromatic nitrogens is 2. The molecule has 1 aliphatic rings. The van der Waals surface area contributed by atoms with Crippen molar-refractivity contribution in [1.82, 2.24) is 14.7 Å². The molecule has 0 unspecified atom stereocenters. The summed E-state index contributed by atoms with van der Waals surface area (Å²) < 4.78 is 20.4. The second-order valence-corrected chi connectivity index (χ2v) is 7.35. The lowest BCUT2D eigenvalue weighted by atomic mass is 10.1. The van der Waals surface area contributed by atoms with Crippen LogP contribution in [0.25, 0.3) is 5.69 Å². The van der Waals surface area contributed by atoms with Gasteiger partial charge >= 0.3 is 5.97 Å². The van der Waals surface area contributed by atoms with Crippen molar-refractivity contribution < 1.29 is 18.7 Å². The lowest BCUT2D eigenvalue weighted by Gasteiger charge is -2.36. The summed E-state index contributed by atoms with van der Waals surface area (Å²) in [4.78, 5) is 28.6. The number of esters is 1. The van der Waals surface area contributed by atoms with Crippen LogP contribution < -0.4 is 10.6 Å². The van der Waals surface area contributed by atoms with Crippen molar-refractivity contribution in [1.29, 1.82) is 0 Å². The van der Waals surface area contributed by atoms with Gasteiger partial charge in [-0.15, -0.1) is 0 Å². The van der Waals surface area contributed by atoms with Gasteiger partial charge in [-0.3, -0.25) is 4.79 Å². The number of amides is 1. The number of hydrogen-bond donors (Lipinski definition) is 1. The first-order valence-corrected chi connectivity index (χ1v) is 10.4. The predicted molar refractivity (Wildman–Crippen MR) is 118 cm³/mol. The summed E-state index contributed by atoms with van der Waals surface area (Å²) in [7, 11) is 0. The highest BCUT2D eigenvalue weighted by atomic mass is 19.1. The molecule has 0 saturated carbocycles. The third kappa shape index (κ3) is 4.14. The van der Waals surface area contributed by atoms with Gasteiger partial charge < -0.3 is 20.3 Å². The van der Waals surface area contributed by atoms with Crippen LogP contribution in [0.4, 0.5) is 15.9 Å². The summed E-state index contributed by atoms with van der Waals surface area (Å²) in [6, 6.07) is 13.5. The van der Waals surface area contributed by atoms with Crippen molar-refractivity contribution >= 4 is 23.4 Å². The van der Waals surface area contributed by atoms with Crippen molar-refractivity contribution in [2.45, 2.75) is 6.92 Å². The summed E-state index contributed by atoms with van der Waals surface area (Å²) in [5, 5.41) is 4.16. The summed E-state index contributed by atoms with van der Waals surface area (Å²) in [5.74, 6) is -0.707. The van der Waals surface area contributed by atoms with E-state index in [0.717, 1.165) is 0 Å². The summed E-state index contributed by atoms with van der Waals surface area (Å²) >= 11 is 0. The van der Waals surface area contributed by atoms with Crippen LogP contribution in [0.3, 0.4) is 0 Å². The van der Waals surface area contributed by atoms with E-state index in [1.165, 1.54) is 16.9 Å². The zero-order chi connectivity index (χ0) is 22.7. The molecular formula is C23H24FN5O3. The minimum atomic E-state index is -0.530. The molecule has 3 aromatic rings. The van der Waals surface area contributed by atoms with Crippen molar-refractivity contribution in [3.8, 4) is 5.69 Å². The average molecular weight is 437 g/mol. The Kier molecular flexibility index (Phi) is 6.07. The van der Waals surface area contributed by atoms with Gasteiger partial charge in [0.1, 0.15) is 17.2 Å². The van der Waals surface area contributed by atoms with Crippen molar-refractivity contribution in [3.05, 3.63) is 71.7 Å². The molecule has 4 rings (SSSR count). The molecular weight excluding hydrogens is 413 g/mol. The average Bonchev–Trinajstić information content (AvgIpc) is 3.21. The maximum Gasteiger partial charge on any atom is 0.343 e. The third-order valence-corrected chi connectivity index (χ3v) is 5.42. The number of nitrogen functional groups attached to an aromatic ring is 1. The molecule has 0 spiro atoms. The molecule has 8 nitrogen and oxygen atoms in total. The summed E-state index contributed by atoms with van der Waals surface area (Å²) in [6.07, 6.45) is 1.36. The number of ether oxygens (including phenoxy) is 1. The minimum absolute atomic E-state index is 0.0922. The molecule has 1 aliphatic heterocycles. The van der Waals surface area contributed by atoms with Crippen molar-refractivity contribution in [3.63, 3.8) is 0 Å². The third-order valence-electron chi connectivity index (χ3n) is 5.42. The maximum absolute atomic E-state index is 14.0. The molecule has 0 bridgehead atoms. The number of carbonyl (C=O) groups is 2. The molecule has 1 amide bonds. The number of anilines is 2. The van der Waals surface area contributed by atoms with Gasteiger partial charge in [-0.25, -0.2) is 13.9 Å². The molecule has 0 atom stereocenters. The molecule has 0 radical (unpaired) electrons. The Balaban J connectivity index is 1.42. The number of piperazine rings is 1. The fraction of sp³-hybridized carbons (Fsp3) is 0.261. The highest BCUT2D eigenvalue weighted by Gasteiger charge is 2.24. The number of para-hydroxylation sites is 1. The standard InChI is InChI=1S/C23H24FN5O3/c1-2-32-23(31)18-15-26-29(21(18)25)17-9-7-16(8-10-17)22(30)28-13-11-27(12-14-28)20-6-4-3-5-19(20)24/h3-10,15H,2,11-14,25H2,1H3.